The fourth-order valence-electron chi connectivity index (χ4n) is 1.55. The lowest BCUT2D eigenvalue weighted by molar-refractivity contribution is 0.384. The Morgan fingerprint density at radius 1 is 1.47 bits per heavy atom. The van der Waals surface area contributed by atoms with E-state index in [2.05, 4.69) is 26.2 Å². The maximum absolute atomic E-state index is 14.0. The van der Waals surface area contributed by atoms with Crippen molar-refractivity contribution in [2.45, 2.75) is 12.3 Å². The maximum atomic E-state index is 14.0. The normalized spacial score (nSPS) is 10.6. The van der Waals surface area contributed by atoms with Crippen LogP contribution in [0.15, 0.2) is 18.3 Å². The van der Waals surface area contributed by atoms with E-state index < -0.39 is 0 Å². The number of halogens is 2. The van der Waals surface area contributed by atoms with Gasteiger partial charge >= 0.3 is 0 Å². The van der Waals surface area contributed by atoms with E-state index in [4.69, 9.17) is 4.74 Å². The molecule has 6 heteroatoms. The van der Waals surface area contributed by atoms with Crippen molar-refractivity contribution in [3.8, 4) is 11.4 Å². The van der Waals surface area contributed by atoms with Gasteiger partial charge in [0.05, 0.1) is 24.7 Å². The van der Waals surface area contributed by atoms with Crippen LogP contribution in [-0.2, 0) is 5.33 Å². The lowest BCUT2D eigenvalue weighted by atomic mass is 10.1. The zero-order valence-corrected chi connectivity index (χ0v) is 11.0. The summed E-state index contributed by atoms with van der Waals surface area (Å²) in [6, 6.07) is 3.33. The van der Waals surface area contributed by atoms with Crippen molar-refractivity contribution >= 4 is 15.9 Å². The average molecular weight is 300 g/mol. The summed E-state index contributed by atoms with van der Waals surface area (Å²) >= 11 is 3.27. The Balaban J connectivity index is 2.58. The van der Waals surface area contributed by atoms with Gasteiger partial charge in [-0.25, -0.2) is 9.07 Å². The van der Waals surface area contributed by atoms with E-state index in [1.807, 2.05) is 6.92 Å². The van der Waals surface area contributed by atoms with Crippen LogP contribution in [-0.4, -0.2) is 22.1 Å². The summed E-state index contributed by atoms with van der Waals surface area (Å²) in [4.78, 5) is 0. The van der Waals surface area contributed by atoms with Crippen molar-refractivity contribution in [2.75, 3.05) is 7.11 Å². The first-order valence-corrected chi connectivity index (χ1v) is 6.10. The van der Waals surface area contributed by atoms with E-state index in [0.717, 1.165) is 5.69 Å². The predicted molar refractivity (Wildman–Crippen MR) is 65.2 cm³/mol. The van der Waals surface area contributed by atoms with Crippen LogP contribution in [0.1, 0.15) is 11.3 Å². The molecule has 1 aromatic carbocycles. The molecule has 0 aliphatic rings. The number of nitrogens with zero attached hydrogens (tertiary/aromatic N) is 3. The number of aromatic nitrogens is 3. The van der Waals surface area contributed by atoms with Crippen LogP contribution in [0.3, 0.4) is 0 Å². The Kier molecular flexibility index (Phi) is 3.42. The lowest BCUT2D eigenvalue weighted by Crippen LogP contribution is -2.03. The van der Waals surface area contributed by atoms with Gasteiger partial charge in [0.25, 0.3) is 0 Å². The molecular formula is C11H11BrFN3O. The molecule has 4 nitrogen and oxygen atoms in total. The van der Waals surface area contributed by atoms with Gasteiger partial charge in [-0.2, -0.15) is 0 Å². The predicted octanol–water partition coefficient (Wildman–Crippen LogP) is 2.62. The Morgan fingerprint density at radius 2 is 2.24 bits per heavy atom. The van der Waals surface area contributed by atoms with Crippen LogP contribution in [0, 0.1) is 12.7 Å². The minimum atomic E-state index is -0.380. The van der Waals surface area contributed by atoms with Crippen molar-refractivity contribution in [3.05, 3.63) is 35.4 Å². The van der Waals surface area contributed by atoms with Gasteiger partial charge < -0.3 is 4.74 Å². The molecule has 0 spiro atoms. The van der Waals surface area contributed by atoms with E-state index >= 15 is 0 Å². The van der Waals surface area contributed by atoms with Gasteiger partial charge in [0.2, 0.25) is 0 Å². The van der Waals surface area contributed by atoms with Crippen LogP contribution in [0.4, 0.5) is 4.39 Å². The zero-order valence-electron chi connectivity index (χ0n) is 9.44. The molecule has 1 aromatic heterocycles. The van der Waals surface area contributed by atoms with Crippen LogP contribution in [0.25, 0.3) is 5.69 Å². The number of hydrogen-bond donors (Lipinski definition) is 0. The Labute approximate surface area is 107 Å². The fourth-order valence-corrected chi connectivity index (χ4v) is 2.09. The highest BCUT2D eigenvalue weighted by atomic mass is 79.9. The van der Waals surface area contributed by atoms with Gasteiger partial charge in [-0.1, -0.05) is 21.1 Å². The van der Waals surface area contributed by atoms with E-state index in [1.54, 1.807) is 23.0 Å². The van der Waals surface area contributed by atoms with E-state index in [-0.39, 0.29) is 11.6 Å². The fraction of sp³-hybridized carbons (Fsp3) is 0.273. The third kappa shape index (κ3) is 2.17. The molecule has 0 unspecified atom stereocenters. The van der Waals surface area contributed by atoms with Crippen LogP contribution in [0.5, 0.6) is 5.75 Å². The lowest BCUT2D eigenvalue weighted by Gasteiger charge is -2.10. The minimum Gasteiger partial charge on any atom is -0.494 e. The van der Waals surface area contributed by atoms with Crippen molar-refractivity contribution < 1.29 is 9.13 Å². The van der Waals surface area contributed by atoms with Crippen LogP contribution >= 0.6 is 15.9 Å². The molecule has 2 rings (SSSR count). The highest BCUT2D eigenvalue weighted by molar-refractivity contribution is 9.08. The molecule has 0 bridgehead atoms. The number of methoxy groups -OCH3 is 1. The highest BCUT2D eigenvalue weighted by Crippen LogP contribution is 2.27. The van der Waals surface area contributed by atoms with Crippen molar-refractivity contribution in [2.24, 2.45) is 0 Å². The Hall–Kier alpha value is -1.43. The SMILES string of the molecule is COc1ccc(-n2cc(C)nn2)c(CBr)c1F. The van der Waals surface area contributed by atoms with Gasteiger partial charge in [0.1, 0.15) is 0 Å². The monoisotopic (exact) mass is 299 g/mol. The second-order valence-corrected chi connectivity index (χ2v) is 4.08. The Morgan fingerprint density at radius 3 is 2.76 bits per heavy atom. The van der Waals surface area contributed by atoms with Gasteiger partial charge in [0, 0.05) is 10.9 Å². The van der Waals surface area contributed by atoms with Gasteiger partial charge in [-0.15, -0.1) is 5.10 Å². The molecule has 2 aromatic rings. The summed E-state index contributed by atoms with van der Waals surface area (Å²) in [5, 5.41) is 8.19. The first-order chi connectivity index (χ1) is 8.17. The molecule has 0 atom stereocenters. The summed E-state index contributed by atoms with van der Waals surface area (Å²) < 4.78 is 20.5. The van der Waals surface area contributed by atoms with Crippen molar-refractivity contribution in [3.63, 3.8) is 0 Å². The highest BCUT2D eigenvalue weighted by Gasteiger charge is 2.15. The molecule has 0 radical (unpaired) electrons. The summed E-state index contributed by atoms with van der Waals surface area (Å²) in [5.74, 6) is -0.157. The largest absolute Gasteiger partial charge is 0.494 e. The number of alkyl halides is 1. The summed E-state index contributed by atoms with van der Waals surface area (Å²) in [6.07, 6.45) is 1.74. The van der Waals surface area contributed by atoms with E-state index in [9.17, 15) is 4.39 Å². The first-order valence-electron chi connectivity index (χ1n) is 4.98. The van der Waals surface area contributed by atoms with Gasteiger partial charge in [-0.3, -0.25) is 0 Å². The van der Waals surface area contributed by atoms with Gasteiger partial charge in [-0.05, 0) is 19.1 Å². The quantitative estimate of drug-likeness (QED) is 0.818. The molecule has 0 amide bonds. The first kappa shape index (κ1) is 12.0. The number of rotatable bonds is 3. The van der Waals surface area contributed by atoms with E-state index in [0.29, 0.717) is 16.6 Å². The van der Waals surface area contributed by atoms with Crippen LogP contribution in [0.2, 0.25) is 0 Å². The third-order valence-electron chi connectivity index (χ3n) is 2.39. The smallest absolute Gasteiger partial charge is 0.171 e. The summed E-state index contributed by atoms with van der Waals surface area (Å²) in [7, 11) is 1.44. The second-order valence-electron chi connectivity index (χ2n) is 3.52. The summed E-state index contributed by atoms with van der Waals surface area (Å²) in [6.45, 7) is 1.83. The summed E-state index contributed by atoms with van der Waals surface area (Å²) in [5.41, 5.74) is 1.93. The zero-order chi connectivity index (χ0) is 12.4. The molecule has 0 N–H and O–H groups in total. The topological polar surface area (TPSA) is 39.9 Å². The van der Waals surface area contributed by atoms with Gasteiger partial charge in [0.15, 0.2) is 11.6 Å². The molecule has 0 saturated heterocycles. The van der Waals surface area contributed by atoms with Crippen molar-refractivity contribution in [1.29, 1.82) is 0 Å². The molecule has 17 heavy (non-hydrogen) atoms. The number of hydrogen-bond acceptors (Lipinski definition) is 3. The number of benzene rings is 1. The molecule has 0 aliphatic heterocycles. The third-order valence-corrected chi connectivity index (χ3v) is 2.95. The average Bonchev–Trinajstić information content (AvgIpc) is 2.75. The Bertz CT molecular complexity index is 542. The molecule has 0 fully saturated rings. The number of ether oxygens (including phenoxy) is 1. The van der Waals surface area contributed by atoms with Crippen LogP contribution < -0.4 is 4.74 Å². The minimum absolute atomic E-state index is 0.222. The maximum Gasteiger partial charge on any atom is 0.171 e. The van der Waals surface area contributed by atoms with E-state index in [1.165, 1.54) is 7.11 Å². The number of aryl methyl sites for hydroxylation is 1. The molecule has 90 valence electrons. The van der Waals surface area contributed by atoms with Crippen molar-refractivity contribution in [1.82, 2.24) is 15.0 Å². The standard InChI is InChI=1S/C11H11BrFN3O/c1-7-6-16(15-14-7)9-3-4-10(17-2)11(13)8(9)5-12/h3-4,6H,5H2,1-2H3. The molecule has 0 saturated carbocycles. The molecule has 0 aliphatic carbocycles. The molecular weight excluding hydrogens is 289 g/mol. The second kappa shape index (κ2) is 4.83. The molecule has 1 heterocycles.